The maximum absolute atomic E-state index is 14.2. The zero-order valence-corrected chi connectivity index (χ0v) is 16.6. The van der Waals surface area contributed by atoms with E-state index in [9.17, 15) is 19.1 Å². The van der Waals surface area contributed by atoms with Crippen LogP contribution in [-0.4, -0.2) is 34.2 Å². The standard InChI is InChI=1S/C21H20FN3O5/c1-11-19(12(2)30-25-11)20-17(29-3)9-8-15(23-20)21(28)24-16(10-18(26)27)13-6-4-5-7-14(13)22/h4-9,16H,10H2,1-3H3,(H,24,28)(H,26,27)/t16-/m0/s1. The molecule has 0 spiro atoms. The van der Waals surface area contributed by atoms with Gasteiger partial charge >= 0.3 is 5.97 Å². The van der Waals surface area contributed by atoms with E-state index in [1.165, 1.54) is 31.4 Å². The molecule has 1 atom stereocenters. The molecule has 0 radical (unpaired) electrons. The van der Waals surface area contributed by atoms with E-state index in [-0.39, 0.29) is 11.3 Å². The molecule has 0 aliphatic carbocycles. The maximum atomic E-state index is 14.2. The minimum absolute atomic E-state index is 0.0116. The van der Waals surface area contributed by atoms with Crippen molar-refractivity contribution in [1.29, 1.82) is 0 Å². The van der Waals surface area contributed by atoms with Crippen molar-refractivity contribution >= 4 is 11.9 Å². The molecular weight excluding hydrogens is 393 g/mol. The van der Waals surface area contributed by atoms with Gasteiger partial charge in [0.25, 0.3) is 5.91 Å². The minimum Gasteiger partial charge on any atom is -0.494 e. The average Bonchev–Trinajstić information content (AvgIpc) is 3.05. The first-order valence-electron chi connectivity index (χ1n) is 9.07. The first kappa shape index (κ1) is 21.0. The number of pyridine rings is 1. The van der Waals surface area contributed by atoms with E-state index < -0.39 is 30.2 Å². The molecular formula is C21H20FN3O5. The number of hydrogen-bond donors (Lipinski definition) is 2. The van der Waals surface area contributed by atoms with Crippen molar-refractivity contribution < 1.29 is 28.3 Å². The Hall–Kier alpha value is -3.75. The molecule has 0 bridgehead atoms. The summed E-state index contributed by atoms with van der Waals surface area (Å²) in [4.78, 5) is 28.5. The second-order valence-electron chi connectivity index (χ2n) is 6.59. The van der Waals surface area contributed by atoms with Crippen molar-refractivity contribution in [3.05, 3.63) is 64.9 Å². The molecule has 0 fully saturated rings. The number of rotatable bonds is 7. The van der Waals surface area contributed by atoms with Crippen LogP contribution in [-0.2, 0) is 4.79 Å². The predicted molar refractivity (Wildman–Crippen MR) is 105 cm³/mol. The number of aryl methyl sites for hydroxylation is 2. The molecule has 156 valence electrons. The van der Waals surface area contributed by atoms with E-state index in [2.05, 4.69) is 15.5 Å². The lowest BCUT2D eigenvalue weighted by atomic mass is 10.0. The van der Waals surface area contributed by atoms with E-state index in [1.54, 1.807) is 26.0 Å². The fourth-order valence-corrected chi connectivity index (χ4v) is 3.14. The largest absolute Gasteiger partial charge is 0.494 e. The second-order valence-corrected chi connectivity index (χ2v) is 6.59. The van der Waals surface area contributed by atoms with Gasteiger partial charge in [-0.15, -0.1) is 0 Å². The van der Waals surface area contributed by atoms with Crippen molar-refractivity contribution in [1.82, 2.24) is 15.5 Å². The highest BCUT2D eigenvalue weighted by atomic mass is 19.1. The van der Waals surface area contributed by atoms with Gasteiger partial charge in [0.05, 0.1) is 30.8 Å². The van der Waals surface area contributed by atoms with Crippen molar-refractivity contribution in [3.63, 3.8) is 0 Å². The summed E-state index contributed by atoms with van der Waals surface area (Å²) in [5, 5.41) is 15.6. The van der Waals surface area contributed by atoms with Crippen molar-refractivity contribution in [3.8, 4) is 17.0 Å². The Balaban J connectivity index is 1.97. The Morgan fingerprint density at radius 1 is 1.23 bits per heavy atom. The number of carboxylic acid groups (broad SMARTS) is 1. The molecule has 2 heterocycles. The van der Waals surface area contributed by atoms with Crippen LogP contribution in [0.25, 0.3) is 11.3 Å². The van der Waals surface area contributed by atoms with Crippen LogP contribution in [0.4, 0.5) is 4.39 Å². The van der Waals surface area contributed by atoms with E-state index in [4.69, 9.17) is 9.26 Å². The van der Waals surface area contributed by atoms with Crippen molar-refractivity contribution in [2.45, 2.75) is 26.3 Å². The number of nitrogens with zero attached hydrogens (tertiary/aromatic N) is 2. The van der Waals surface area contributed by atoms with Gasteiger partial charge in [0.1, 0.15) is 28.7 Å². The van der Waals surface area contributed by atoms with E-state index >= 15 is 0 Å². The Labute approximate surface area is 171 Å². The summed E-state index contributed by atoms with van der Waals surface area (Å²) in [6, 6.07) is 7.63. The summed E-state index contributed by atoms with van der Waals surface area (Å²) in [5.41, 5.74) is 1.62. The number of methoxy groups -OCH3 is 1. The van der Waals surface area contributed by atoms with Gasteiger partial charge in [-0.05, 0) is 32.0 Å². The third-order valence-corrected chi connectivity index (χ3v) is 4.55. The Bertz CT molecular complexity index is 1080. The number of aliphatic carboxylic acids is 1. The highest BCUT2D eigenvalue weighted by molar-refractivity contribution is 5.94. The number of carboxylic acids is 1. The van der Waals surface area contributed by atoms with Gasteiger partial charge in [-0.3, -0.25) is 9.59 Å². The third kappa shape index (κ3) is 4.29. The van der Waals surface area contributed by atoms with Crippen LogP contribution >= 0.6 is 0 Å². The van der Waals surface area contributed by atoms with Gasteiger partial charge in [0.2, 0.25) is 0 Å². The van der Waals surface area contributed by atoms with E-state index in [1.807, 2.05) is 0 Å². The summed E-state index contributed by atoms with van der Waals surface area (Å²) in [7, 11) is 1.47. The third-order valence-electron chi connectivity index (χ3n) is 4.55. The molecule has 0 aliphatic heterocycles. The molecule has 3 rings (SSSR count). The summed E-state index contributed by atoms with van der Waals surface area (Å²) in [6.07, 6.45) is -0.487. The normalized spacial score (nSPS) is 11.7. The molecule has 0 aliphatic rings. The molecule has 2 aromatic heterocycles. The monoisotopic (exact) mass is 413 g/mol. The average molecular weight is 413 g/mol. The second kappa shape index (κ2) is 8.73. The molecule has 30 heavy (non-hydrogen) atoms. The van der Waals surface area contributed by atoms with E-state index in [0.717, 1.165) is 0 Å². The number of nitrogens with one attached hydrogen (secondary N) is 1. The van der Waals surface area contributed by atoms with Crippen LogP contribution in [0.2, 0.25) is 0 Å². The molecule has 3 aromatic rings. The number of ether oxygens (including phenoxy) is 1. The number of carbonyl (C=O) groups is 2. The lowest BCUT2D eigenvalue weighted by molar-refractivity contribution is -0.137. The first-order valence-corrected chi connectivity index (χ1v) is 9.07. The van der Waals surface area contributed by atoms with Crippen LogP contribution in [0.5, 0.6) is 5.75 Å². The van der Waals surface area contributed by atoms with Crippen LogP contribution < -0.4 is 10.1 Å². The fourth-order valence-electron chi connectivity index (χ4n) is 3.14. The molecule has 0 saturated carbocycles. The predicted octanol–water partition coefficient (Wildman–Crippen LogP) is 3.45. The molecule has 2 N–H and O–H groups in total. The summed E-state index contributed by atoms with van der Waals surface area (Å²) < 4.78 is 24.7. The number of halogens is 1. The minimum atomic E-state index is -1.18. The SMILES string of the molecule is COc1ccc(C(=O)N[C@@H](CC(=O)O)c2ccccc2F)nc1-c1c(C)noc1C. The maximum Gasteiger partial charge on any atom is 0.305 e. The van der Waals surface area contributed by atoms with Gasteiger partial charge in [-0.2, -0.15) is 0 Å². The lowest BCUT2D eigenvalue weighted by Crippen LogP contribution is -2.31. The van der Waals surface area contributed by atoms with Gasteiger partial charge in [0, 0.05) is 5.56 Å². The highest BCUT2D eigenvalue weighted by Gasteiger charge is 2.24. The molecule has 1 amide bonds. The van der Waals surface area contributed by atoms with Crippen molar-refractivity contribution in [2.75, 3.05) is 7.11 Å². The number of carbonyl (C=O) groups excluding carboxylic acids is 1. The quantitative estimate of drug-likeness (QED) is 0.610. The smallest absolute Gasteiger partial charge is 0.305 e. The summed E-state index contributed by atoms with van der Waals surface area (Å²) in [5.74, 6) is -1.52. The number of benzene rings is 1. The Morgan fingerprint density at radius 2 is 1.97 bits per heavy atom. The zero-order valence-electron chi connectivity index (χ0n) is 16.6. The first-order chi connectivity index (χ1) is 14.3. The molecule has 0 unspecified atom stereocenters. The van der Waals surface area contributed by atoms with Crippen molar-refractivity contribution in [2.24, 2.45) is 0 Å². The number of aromatic nitrogens is 2. The Morgan fingerprint density at radius 3 is 2.57 bits per heavy atom. The topological polar surface area (TPSA) is 115 Å². The van der Waals surface area contributed by atoms with Crippen LogP contribution in [0.3, 0.4) is 0 Å². The Kier molecular flexibility index (Phi) is 6.10. The highest BCUT2D eigenvalue weighted by Crippen LogP contribution is 2.33. The molecule has 8 nitrogen and oxygen atoms in total. The van der Waals surface area contributed by atoms with Crippen LogP contribution in [0.1, 0.15) is 40.0 Å². The van der Waals surface area contributed by atoms with Gasteiger partial charge in [-0.25, -0.2) is 9.37 Å². The van der Waals surface area contributed by atoms with E-state index in [0.29, 0.717) is 28.5 Å². The van der Waals surface area contributed by atoms with Gasteiger partial charge < -0.3 is 19.7 Å². The molecule has 9 heteroatoms. The van der Waals surface area contributed by atoms with Crippen LogP contribution in [0, 0.1) is 19.7 Å². The van der Waals surface area contributed by atoms with Crippen LogP contribution in [0.15, 0.2) is 40.9 Å². The summed E-state index contributed by atoms with van der Waals surface area (Å²) in [6.45, 7) is 3.45. The zero-order chi connectivity index (χ0) is 21.8. The lowest BCUT2D eigenvalue weighted by Gasteiger charge is -2.18. The molecule has 0 saturated heterocycles. The molecule has 1 aromatic carbocycles. The van der Waals surface area contributed by atoms with Gasteiger partial charge in [0.15, 0.2) is 0 Å². The summed E-state index contributed by atoms with van der Waals surface area (Å²) >= 11 is 0. The number of amides is 1. The fraction of sp³-hybridized carbons (Fsp3) is 0.238. The number of hydrogen-bond acceptors (Lipinski definition) is 6. The van der Waals surface area contributed by atoms with Gasteiger partial charge in [-0.1, -0.05) is 23.4 Å².